The van der Waals surface area contributed by atoms with Crippen LogP contribution in [0.15, 0.2) is 108 Å². The van der Waals surface area contributed by atoms with Crippen molar-refractivity contribution in [2.75, 3.05) is 10.8 Å². The lowest BCUT2D eigenvalue weighted by Crippen LogP contribution is -2.56. The van der Waals surface area contributed by atoms with Crippen molar-refractivity contribution in [3.05, 3.63) is 131 Å². The average Bonchev–Trinajstić information content (AvgIpc) is 2.99. The first-order chi connectivity index (χ1) is 21.2. The third kappa shape index (κ3) is 9.01. The van der Waals surface area contributed by atoms with Crippen LogP contribution in [0.25, 0.3) is 0 Å². The number of hydrogen-bond acceptors (Lipinski definition) is 4. The van der Waals surface area contributed by atoms with Crippen molar-refractivity contribution < 1.29 is 22.4 Å². The molecule has 4 rings (SSSR count). The smallest absolute Gasteiger partial charge is 0.264 e. The second-order valence-corrected chi connectivity index (χ2v) is 14.1. The quantitative estimate of drug-likeness (QED) is 0.214. The third-order valence-electron chi connectivity index (χ3n) is 7.25. The lowest BCUT2D eigenvalue weighted by molar-refractivity contribution is -0.140. The van der Waals surface area contributed by atoms with Crippen molar-refractivity contribution in [2.24, 2.45) is 0 Å². The van der Waals surface area contributed by atoms with Gasteiger partial charge in [0.25, 0.3) is 10.0 Å². The van der Waals surface area contributed by atoms with E-state index in [1.165, 1.54) is 29.2 Å². The fourth-order valence-electron chi connectivity index (χ4n) is 4.87. The minimum absolute atomic E-state index is 0.0397. The molecule has 0 saturated heterocycles. The van der Waals surface area contributed by atoms with Gasteiger partial charge in [-0.05, 0) is 82.1 Å². The Hall–Kier alpha value is -4.50. The van der Waals surface area contributed by atoms with Crippen LogP contribution in [0.1, 0.15) is 43.0 Å². The van der Waals surface area contributed by atoms with Crippen molar-refractivity contribution in [3.63, 3.8) is 0 Å². The monoisotopic (exact) mass is 629 g/mol. The summed E-state index contributed by atoms with van der Waals surface area (Å²) in [4.78, 5) is 29.8. The summed E-state index contributed by atoms with van der Waals surface area (Å²) in [5.41, 5.74) is 2.96. The molecule has 2 amide bonds. The van der Waals surface area contributed by atoms with E-state index in [1.807, 2.05) is 65.0 Å². The number of halogens is 1. The Kier molecular flexibility index (Phi) is 10.4. The third-order valence-corrected chi connectivity index (χ3v) is 9.03. The second kappa shape index (κ2) is 14.1. The van der Waals surface area contributed by atoms with Gasteiger partial charge >= 0.3 is 0 Å². The van der Waals surface area contributed by atoms with Crippen LogP contribution in [0.2, 0.25) is 0 Å². The summed E-state index contributed by atoms with van der Waals surface area (Å²) in [6, 6.07) is 27.3. The van der Waals surface area contributed by atoms with Crippen LogP contribution in [-0.2, 0) is 32.6 Å². The van der Waals surface area contributed by atoms with Gasteiger partial charge in [0.2, 0.25) is 11.8 Å². The second-order valence-electron chi connectivity index (χ2n) is 12.3. The van der Waals surface area contributed by atoms with Crippen LogP contribution >= 0.6 is 0 Å². The molecule has 1 atom stereocenters. The van der Waals surface area contributed by atoms with E-state index in [0.29, 0.717) is 11.3 Å². The van der Waals surface area contributed by atoms with Crippen LogP contribution in [0.3, 0.4) is 0 Å². The number of carbonyl (C=O) groups excluding carboxylic acids is 2. The number of aryl methyl sites for hydroxylation is 2. The fourth-order valence-corrected chi connectivity index (χ4v) is 6.28. The molecule has 0 radical (unpaired) electrons. The number of amides is 2. The highest BCUT2D eigenvalue weighted by Crippen LogP contribution is 2.26. The molecule has 0 fully saturated rings. The van der Waals surface area contributed by atoms with Crippen molar-refractivity contribution in [1.29, 1.82) is 0 Å². The molecule has 1 N–H and O–H groups in total. The maximum Gasteiger partial charge on any atom is 0.264 e. The molecule has 0 saturated carbocycles. The molecule has 4 aromatic carbocycles. The van der Waals surface area contributed by atoms with E-state index in [9.17, 15) is 22.4 Å². The first-order valence-electron chi connectivity index (χ1n) is 14.8. The predicted molar refractivity (Wildman–Crippen MR) is 176 cm³/mol. The number of sulfonamides is 1. The van der Waals surface area contributed by atoms with Crippen molar-refractivity contribution >= 4 is 27.5 Å². The summed E-state index contributed by atoms with van der Waals surface area (Å²) < 4.78 is 43.1. The standard InChI is InChI=1S/C36H40FN3O4S/c1-26-11-19-31(20-12-26)40(45(43,44)32-21-13-27(2)14-22-32)25-34(41)39(24-29-15-17-30(37)18-16-29)33(35(42)38-36(3,4)5)23-28-9-7-6-8-10-28/h6-22,33H,23-25H2,1-5H3,(H,38,42)/t33-/m0/s1. The summed E-state index contributed by atoms with van der Waals surface area (Å²) >= 11 is 0. The first kappa shape index (κ1) is 33.4. The van der Waals surface area contributed by atoms with Gasteiger partial charge in [0, 0.05) is 18.5 Å². The largest absolute Gasteiger partial charge is 0.350 e. The summed E-state index contributed by atoms with van der Waals surface area (Å²) in [5, 5.41) is 3.00. The van der Waals surface area contributed by atoms with Crippen LogP contribution in [0, 0.1) is 19.7 Å². The summed E-state index contributed by atoms with van der Waals surface area (Å²) in [7, 11) is -4.19. The summed E-state index contributed by atoms with van der Waals surface area (Å²) in [6.07, 6.45) is 0.185. The van der Waals surface area contributed by atoms with Gasteiger partial charge in [-0.15, -0.1) is 0 Å². The zero-order valence-electron chi connectivity index (χ0n) is 26.3. The van der Waals surface area contributed by atoms with E-state index in [0.717, 1.165) is 21.0 Å². The minimum Gasteiger partial charge on any atom is -0.350 e. The Morgan fingerprint density at radius 3 is 1.89 bits per heavy atom. The topological polar surface area (TPSA) is 86.8 Å². The van der Waals surface area contributed by atoms with Crippen molar-refractivity contribution in [1.82, 2.24) is 10.2 Å². The SMILES string of the molecule is Cc1ccc(N(CC(=O)N(Cc2ccc(F)cc2)[C@@H](Cc2ccccc2)C(=O)NC(C)(C)C)S(=O)(=O)c2ccc(C)cc2)cc1. The number of benzene rings is 4. The van der Waals surface area contributed by atoms with Gasteiger partial charge in [-0.1, -0.05) is 77.9 Å². The number of carbonyl (C=O) groups is 2. The molecule has 0 unspecified atom stereocenters. The molecule has 9 heteroatoms. The van der Waals surface area contributed by atoms with E-state index in [1.54, 1.807) is 48.5 Å². The predicted octanol–water partition coefficient (Wildman–Crippen LogP) is 6.19. The Balaban J connectivity index is 1.81. The van der Waals surface area contributed by atoms with E-state index in [-0.39, 0.29) is 23.8 Å². The molecule has 0 bridgehead atoms. The van der Waals surface area contributed by atoms with E-state index in [2.05, 4.69) is 5.32 Å². The summed E-state index contributed by atoms with van der Waals surface area (Å²) in [6.45, 7) is 8.70. The lowest BCUT2D eigenvalue weighted by atomic mass is 10.0. The highest BCUT2D eigenvalue weighted by atomic mass is 32.2. The maximum atomic E-state index is 14.5. The van der Waals surface area contributed by atoms with Gasteiger partial charge in [0.1, 0.15) is 18.4 Å². The molecule has 0 aliphatic rings. The summed E-state index contributed by atoms with van der Waals surface area (Å²) in [5.74, 6) is -1.40. The molecule has 7 nitrogen and oxygen atoms in total. The molecular weight excluding hydrogens is 589 g/mol. The number of hydrogen-bond donors (Lipinski definition) is 1. The molecule has 45 heavy (non-hydrogen) atoms. The zero-order chi connectivity index (χ0) is 32.8. The van der Waals surface area contributed by atoms with Gasteiger partial charge in [0.15, 0.2) is 0 Å². The molecule has 0 aliphatic heterocycles. The normalized spacial score (nSPS) is 12.3. The van der Waals surface area contributed by atoms with Crippen LogP contribution in [-0.4, -0.2) is 43.3 Å². The minimum atomic E-state index is -4.19. The molecule has 4 aromatic rings. The first-order valence-corrected chi connectivity index (χ1v) is 16.2. The highest BCUT2D eigenvalue weighted by molar-refractivity contribution is 7.92. The van der Waals surface area contributed by atoms with Crippen LogP contribution in [0.4, 0.5) is 10.1 Å². The Bertz CT molecular complexity index is 1700. The van der Waals surface area contributed by atoms with Gasteiger partial charge in [-0.2, -0.15) is 0 Å². The van der Waals surface area contributed by atoms with Crippen LogP contribution in [0.5, 0.6) is 0 Å². The fraction of sp³-hybridized carbons (Fsp3) is 0.278. The van der Waals surface area contributed by atoms with E-state index < -0.39 is 39.9 Å². The lowest BCUT2D eigenvalue weighted by Gasteiger charge is -2.35. The Morgan fingerprint density at radius 1 is 0.778 bits per heavy atom. The van der Waals surface area contributed by atoms with Gasteiger partial charge in [-0.25, -0.2) is 12.8 Å². The number of anilines is 1. The zero-order valence-corrected chi connectivity index (χ0v) is 27.1. The van der Waals surface area contributed by atoms with E-state index >= 15 is 0 Å². The molecule has 0 aromatic heterocycles. The van der Waals surface area contributed by atoms with Crippen molar-refractivity contribution in [2.45, 2.75) is 64.1 Å². The van der Waals surface area contributed by atoms with Crippen molar-refractivity contribution in [3.8, 4) is 0 Å². The molecular formula is C36H40FN3O4S. The molecule has 236 valence electrons. The molecule has 0 heterocycles. The average molecular weight is 630 g/mol. The van der Waals surface area contributed by atoms with Gasteiger partial charge in [0.05, 0.1) is 10.6 Å². The highest BCUT2D eigenvalue weighted by Gasteiger charge is 2.35. The number of nitrogens with one attached hydrogen (secondary N) is 1. The number of rotatable bonds is 11. The van der Waals surface area contributed by atoms with Crippen LogP contribution < -0.4 is 9.62 Å². The molecule has 0 spiro atoms. The maximum absolute atomic E-state index is 14.5. The Labute approximate surface area is 265 Å². The van der Waals surface area contributed by atoms with Gasteiger partial charge < -0.3 is 10.2 Å². The Morgan fingerprint density at radius 2 is 1.33 bits per heavy atom. The number of nitrogens with zero attached hydrogens (tertiary/aromatic N) is 2. The van der Waals surface area contributed by atoms with E-state index in [4.69, 9.17) is 0 Å². The molecule has 0 aliphatic carbocycles. The van der Waals surface area contributed by atoms with Gasteiger partial charge in [-0.3, -0.25) is 13.9 Å².